The maximum atomic E-state index is 8.80. The molecule has 0 aliphatic rings. The summed E-state index contributed by atoms with van der Waals surface area (Å²) < 4.78 is 10.9. The Balaban J connectivity index is 2.77. The van der Waals surface area contributed by atoms with Gasteiger partial charge in [-0.25, -0.2) is 0 Å². The highest BCUT2D eigenvalue weighted by atomic mass is 16.5. The molecule has 4 nitrogen and oxygen atoms in total. The average Bonchev–Trinajstić information content (AvgIpc) is 2.42. The van der Waals surface area contributed by atoms with E-state index in [2.05, 4.69) is 19.2 Å². The molecule has 4 heteroatoms. The normalized spacial score (nSPS) is 12.2. The van der Waals surface area contributed by atoms with Gasteiger partial charge in [0.1, 0.15) is 0 Å². The molecule has 1 unspecified atom stereocenters. The van der Waals surface area contributed by atoms with E-state index in [0.717, 1.165) is 23.5 Å². The van der Waals surface area contributed by atoms with Crippen molar-refractivity contribution in [3.8, 4) is 11.5 Å². The van der Waals surface area contributed by atoms with E-state index in [9.17, 15) is 0 Å². The Morgan fingerprint density at radius 3 is 2.72 bits per heavy atom. The first-order chi connectivity index (χ1) is 8.72. The largest absolute Gasteiger partial charge is 0.493 e. The number of nitrogens with one attached hydrogen (secondary N) is 1. The van der Waals surface area contributed by atoms with Gasteiger partial charge in [0.2, 0.25) is 0 Å². The molecule has 0 aromatic heterocycles. The minimum atomic E-state index is 0.138. The summed E-state index contributed by atoms with van der Waals surface area (Å²) in [4.78, 5) is 0. The van der Waals surface area contributed by atoms with Gasteiger partial charge < -0.3 is 19.9 Å². The first kappa shape index (κ1) is 14.8. The number of rotatable bonds is 8. The van der Waals surface area contributed by atoms with Gasteiger partial charge in [-0.1, -0.05) is 13.0 Å². The highest BCUT2D eigenvalue weighted by molar-refractivity contribution is 5.43. The van der Waals surface area contributed by atoms with Crippen molar-refractivity contribution < 1.29 is 14.6 Å². The Morgan fingerprint density at radius 2 is 2.11 bits per heavy atom. The Hall–Kier alpha value is -1.26. The van der Waals surface area contributed by atoms with Gasteiger partial charge in [0.15, 0.2) is 11.5 Å². The fourth-order valence-electron chi connectivity index (χ4n) is 1.68. The van der Waals surface area contributed by atoms with Crippen LogP contribution in [0, 0.1) is 0 Å². The van der Waals surface area contributed by atoms with Crippen LogP contribution in [-0.2, 0) is 0 Å². The molecule has 102 valence electrons. The quantitative estimate of drug-likeness (QED) is 0.745. The van der Waals surface area contributed by atoms with Crippen LogP contribution in [0.2, 0.25) is 0 Å². The Bertz CT molecular complexity index is 355. The second-order valence-electron chi connectivity index (χ2n) is 4.16. The van der Waals surface area contributed by atoms with Crippen molar-refractivity contribution in [3.63, 3.8) is 0 Å². The van der Waals surface area contributed by atoms with Gasteiger partial charge in [0.25, 0.3) is 0 Å². The van der Waals surface area contributed by atoms with Gasteiger partial charge in [-0.2, -0.15) is 0 Å². The van der Waals surface area contributed by atoms with Crippen LogP contribution in [0.1, 0.15) is 31.9 Å². The van der Waals surface area contributed by atoms with E-state index < -0.39 is 0 Å². The van der Waals surface area contributed by atoms with Crippen molar-refractivity contribution in [1.82, 2.24) is 5.32 Å². The number of hydrogen-bond acceptors (Lipinski definition) is 4. The molecular weight excluding hydrogens is 230 g/mol. The number of aliphatic hydroxyl groups is 1. The third-order valence-corrected chi connectivity index (χ3v) is 2.71. The molecule has 1 atom stereocenters. The lowest BCUT2D eigenvalue weighted by molar-refractivity contribution is 0.285. The highest BCUT2D eigenvalue weighted by Crippen LogP contribution is 2.30. The Labute approximate surface area is 109 Å². The molecule has 1 aromatic carbocycles. The summed E-state index contributed by atoms with van der Waals surface area (Å²) in [6.07, 6.45) is 0.972. The monoisotopic (exact) mass is 253 g/mol. The van der Waals surface area contributed by atoms with Crippen molar-refractivity contribution in [2.45, 2.75) is 26.3 Å². The lowest BCUT2D eigenvalue weighted by atomic mass is 10.1. The molecule has 0 saturated carbocycles. The van der Waals surface area contributed by atoms with E-state index in [1.807, 2.05) is 18.2 Å². The van der Waals surface area contributed by atoms with Gasteiger partial charge in [0, 0.05) is 12.6 Å². The number of methoxy groups -OCH3 is 1. The highest BCUT2D eigenvalue weighted by Gasteiger charge is 2.09. The van der Waals surface area contributed by atoms with E-state index in [1.165, 1.54) is 0 Å². The molecule has 1 aromatic rings. The van der Waals surface area contributed by atoms with Crippen LogP contribution in [0.4, 0.5) is 0 Å². The SMILES string of the molecule is CCCOc1ccc(C(C)NCCO)cc1OC. The smallest absolute Gasteiger partial charge is 0.161 e. The Morgan fingerprint density at radius 1 is 1.33 bits per heavy atom. The maximum Gasteiger partial charge on any atom is 0.161 e. The first-order valence-electron chi connectivity index (χ1n) is 6.37. The summed E-state index contributed by atoms with van der Waals surface area (Å²) in [5.41, 5.74) is 1.11. The van der Waals surface area contributed by atoms with Gasteiger partial charge in [-0.15, -0.1) is 0 Å². The van der Waals surface area contributed by atoms with Gasteiger partial charge in [-0.3, -0.25) is 0 Å². The van der Waals surface area contributed by atoms with Crippen molar-refractivity contribution in [2.24, 2.45) is 0 Å². The van der Waals surface area contributed by atoms with Crippen LogP contribution in [0.15, 0.2) is 18.2 Å². The van der Waals surface area contributed by atoms with Crippen LogP contribution >= 0.6 is 0 Å². The molecule has 0 fully saturated rings. The predicted molar refractivity (Wildman–Crippen MR) is 72.3 cm³/mol. The third-order valence-electron chi connectivity index (χ3n) is 2.71. The molecule has 0 spiro atoms. The van der Waals surface area contributed by atoms with E-state index in [0.29, 0.717) is 13.2 Å². The van der Waals surface area contributed by atoms with Crippen molar-refractivity contribution in [2.75, 3.05) is 26.9 Å². The standard InChI is InChI=1S/C14H23NO3/c1-4-9-18-13-6-5-12(10-14(13)17-3)11(2)15-7-8-16/h5-6,10-11,15-16H,4,7-9H2,1-3H3. The number of benzene rings is 1. The average molecular weight is 253 g/mol. The van der Waals surface area contributed by atoms with Gasteiger partial charge in [-0.05, 0) is 31.0 Å². The topological polar surface area (TPSA) is 50.7 Å². The summed E-state index contributed by atoms with van der Waals surface area (Å²) in [5, 5.41) is 12.0. The minimum Gasteiger partial charge on any atom is -0.493 e. The molecule has 18 heavy (non-hydrogen) atoms. The first-order valence-corrected chi connectivity index (χ1v) is 6.37. The zero-order chi connectivity index (χ0) is 13.4. The molecule has 0 saturated heterocycles. The second-order valence-corrected chi connectivity index (χ2v) is 4.16. The van der Waals surface area contributed by atoms with Crippen LogP contribution in [0.3, 0.4) is 0 Å². The van der Waals surface area contributed by atoms with Crippen LogP contribution in [-0.4, -0.2) is 32.0 Å². The van der Waals surface area contributed by atoms with Gasteiger partial charge >= 0.3 is 0 Å². The minimum absolute atomic E-state index is 0.138. The van der Waals surface area contributed by atoms with Crippen molar-refractivity contribution in [3.05, 3.63) is 23.8 Å². The molecule has 0 aliphatic heterocycles. The Kier molecular flexibility index (Phi) is 6.54. The lowest BCUT2D eigenvalue weighted by Gasteiger charge is -2.16. The van der Waals surface area contributed by atoms with E-state index >= 15 is 0 Å². The van der Waals surface area contributed by atoms with Crippen molar-refractivity contribution >= 4 is 0 Å². The summed E-state index contributed by atoms with van der Waals surface area (Å²) in [5.74, 6) is 1.52. The summed E-state index contributed by atoms with van der Waals surface area (Å²) in [6, 6.07) is 6.09. The number of ether oxygens (including phenoxy) is 2. The maximum absolute atomic E-state index is 8.80. The molecule has 0 bridgehead atoms. The molecule has 0 aliphatic carbocycles. The summed E-state index contributed by atoms with van der Waals surface area (Å²) in [7, 11) is 1.64. The predicted octanol–water partition coefficient (Wildman–Crippen LogP) is 2.13. The summed E-state index contributed by atoms with van der Waals surface area (Å²) in [6.45, 7) is 5.53. The fourth-order valence-corrected chi connectivity index (χ4v) is 1.68. The molecule has 2 N–H and O–H groups in total. The van der Waals surface area contributed by atoms with Gasteiger partial charge in [0.05, 0.1) is 20.3 Å². The van der Waals surface area contributed by atoms with Crippen LogP contribution < -0.4 is 14.8 Å². The molecular formula is C14H23NO3. The zero-order valence-electron chi connectivity index (χ0n) is 11.4. The van der Waals surface area contributed by atoms with Crippen molar-refractivity contribution in [1.29, 1.82) is 0 Å². The van der Waals surface area contributed by atoms with Crippen LogP contribution in [0.5, 0.6) is 11.5 Å². The van der Waals surface area contributed by atoms with E-state index in [4.69, 9.17) is 14.6 Å². The van der Waals surface area contributed by atoms with E-state index in [1.54, 1.807) is 7.11 Å². The zero-order valence-corrected chi connectivity index (χ0v) is 11.4. The number of hydrogen-bond donors (Lipinski definition) is 2. The number of aliphatic hydroxyl groups excluding tert-OH is 1. The molecule has 0 radical (unpaired) electrons. The lowest BCUT2D eigenvalue weighted by Crippen LogP contribution is -2.22. The molecule has 0 amide bonds. The molecule has 1 rings (SSSR count). The fraction of sp³-hybridized carbons (Fsp3) is 0.571. The van der Waals surface area contributed by atoms with Crippen LogP contribution in [0.25, 0.3) is 0 Å². The summed E-state index contributed by atoms with van der Waals surface area (Å²) >= 11 is 0. The second kappa shape index (κ2) is 7.95. The third kappa shape index (κ3) is 4.20. The van der Waals surface area contributed by atoms with E-state index in [-0.39, 0.29) is 12.6 Å². The molecule has 0 heterocycles.